The highest BCUT2D eigenvalue weighted by Gasteiger charge is 2.26. The van der Waals surface area contributed by atoms with Crippen molar-refractivity contribution >= 4 is 5.84 Å². The summed E-state index contributed by atoms with van der Waals surface area (Å²) >= 11 is 0. The van der Waals surface area contributed by atoms with Gasteiger partial charge in [0.1, 0.15) is 0 Å². The average molecular weight is 224 g/mol. The second-order valence-electron chi connectivity index (χ2n) is 5.04. The van der Waals surface area contributed by atoms with Gasteiger partial charge in [0.05, 0.1) is 11.9 Å². The van der Waals surface area contributed by atoms with Crippen molar-refractivity contribution in [1.29, 1.82) is 5.41 Å². The number of rotatable bonds is 4. The molecule has 1 aliphatic heterocycles. The van der Waals surface area contributed by atoms with Gasteiger partial charge in [-0.25, -0.2) is 0 Å². The molecule has 2 rings (SSSR count). The Kier molecular flexibility index (Phi) is 4.22. The van der Waals surface area contributed by atoms with Gasteiger partial charge in [0.15, 0.2) is 0 Å². The van der Waals surface area contributed by atoms with Crippen LogP contribution in [0.2, 0.25) is 0 Å². The molecule has 1 saturated heterocycles. The summed E-state index contributed by atoms with van der Waals surface area (Å²) in [6.45, 7) is 4.96. The summed E-state index contributed by atoms with van der Waals surface area (Å²) in [5.41, 5.74) is 0. The van der Waals surface area contributed by atoms with Crippen LogP contribution < -0.4 is 0 Å². The van der Waals surface area contributed by atoms with E-state index in [0.717, 1.165) is 25.5 Å². The lowest BCUT2D eigenvalue weighted by molar-refractivity contribution is 0.0909. The van der Waals surface area contributed by atoms with Gasteiger partial charge in [0.25, 0.3) is 0 Å². The van der Waals surface area contributed by atoms with Crippen LogP contribution >= 0.6 is 0 Å². The van der Waals surface area contributed by atoms with Crippen LogP contribution in [0.25, 0.3) is 0 Å². The van der Waals surface area contributed by atoms with Crippen molar-refractivity contribution in [3.05, 3.63) is 0 Å². The molecule has 1 saturated carbocycles. The quantitative estimate of drug-likeness (QED) is 0.588. The van der Waals surface area contributed by atoms with Crippen LogP contribution in [0.4, 0.5) is 0 Å². The summed E-state index contributed by atoms with van der Waals surface area (Å²) in [4.78, 5) is 2.23. The molecule has 0 spiro atoms. The first-order valence-corrected chi connectivity index (χ1v) is 6.76. The highest BCUT2D eigenvalue weighted by molar-refractivity contribution is 5.81. The third-order valence-electron chi connectivity index (χ3n) is 3.91. The first-order chi connectivity index (χ1) is 7.81. The number of hydrogen-bond acceptors (Lipinski definition) is 2. The molecule has 1 heterocycles. The average Bonchev–Trinajstić information content (AvgIpc) is 2.97. The van der Waals surface area contributed by atoms with Crippen LogP contribution in [0.5, 0.6) is 0 Å². The highest BCUT2D eigenvalue weighted by atomic mass is 16.5. The van der Waals surface area contributed by atoms with Crippen LogP contribution in [0.1, 0.15) is 45.4 Å². The van der Waals surface area contributed by atoms with Gasteiger partial charge in [-0.1, -0.05) is 12.8 Å². The van der Waals surface area contributed by atoms with Crippen molar-refractivity contribution in [3.8, 4) is 0 Å². The Morgan fingerprint density at radius 3 is 2.56 bits per heavy atom. The highest BCUT2D eigenvalue weighted by Crippen LogP contribution is 2.27. The Morgan fingerprint density at radius 1 is 1.25 bits per heavy atom. The molecule has 1 atom stereocenters. The predicted molar refractivity (Wildman–Crippen MR) is 65.9 cm³/mol. The molecule has 2 fully saturated rings. The zero-order chi connectivity index (χ0) is 11.4. The van der Waals surface area contributed by atoms with E-state index >= 15 is 0 Å². The van der Waals surface area contributed by atoms with E-state index in [1.165, 1.54) is 38.5 Å². The molecule has 0 radical (unpaired) electrons. The van der Waals surface area contributed by atoms with Crippen molar-refractivity contribution < 1.29 is 4.74 Å². The molecule has 1 aliphatic carbocycles. The number of amidine groups is 1. The van der Waals surface area contributed by atoms with Crippen LogP contribution in [-0.4, -0.2) is 36.5 Å². The Labute approximate surface area is 98.7 Å². The largest absolute Gasteiger partial charge is 0.376 e. The molecule has 16 heavy (non-hydrogen) atoms. The Hall–Kier alpha value is -0.570. The van der Waals surface area contributed by atoms with Gasteiger partial charge in [0.2, 0.25) is 0 Å². The maximum Gasteiger partial charge on any atom is 0.0990 e. The van der Waals surface area contributed by atoms with E-state index in [1.54, 1.807) is 0 Å². The lowest BCUT2D eigenvalue weighted by Crippen LogP contribution is -2.39. The van der Waals surface area contributed by atoms with Gasteiger partial charge in [-0.05, 0) is 32.6 Å². The summed E-state index contributed by atoms with van der Waals surface area (Å²) in [6.07, 6.45) is 7.81. The van der Waals surface area contributed by atoms with Gasteiger partial charge in [-0.3, -0.25) is 5.41 Å². The van der Waals surface area contributed by atoms with E-state index in [0.29, 0.717) is 12.0 Å². The van der Waals surface area contributed by atoms with Gasteiger partial charge in [-0.15, -0.1) is 0 Å². The number of nitrogens with one attached hydrogen (secondary N) is 1. The lowest BCUT2D eigenvalue weighted by atomic mass is 10.1. The van der Waals surface area contributed by atoms with E-state index in [2.05, 4.69) is 11.8 Å². The molecular weight excluding hydrogens is 200 g/mol. The van der Waals surface area contributed by atoms with E-state index in [4.69, 9.17) is 10.1 Å². The SMILES string of the molecule is CCN(CC1CCCO1)C(=N)C1CCCC1. The summed E-state index contributed by atoms with van der Waals surface area (Å²) in [5, 5.41) is 8.28. The fourth-order valence-electron chi connectivity index (χ4n) is 2.89. The minimum atomic E-state index is 0.377. The standard InChI is InChI=1S/C13H24N2O/c1-2-15(10-12-8-5-9-16-12)13(14)11-6-3-4-7-11/h11-12,14H,2-10H2,1H3. The fourth-order valence-corrected chi connectivity index (χ4v) is 2.89. The molecular formula is C13H24N2O. The monoisotopic (exact) mass is 224 g/mol. The van der Waals surface area contributed by atoms with Crippen molar-refractivity contribution in [2.75, 3.05) is 19.7 Å². The Bertz CT molecular complexity index is 230. The smallest absolute Gasteiger partial charge is 0.0990 e. The van der Waals surface area contributed by atoms with Crippen molar-refractivity contribution in [3.63, 3.8) is 0 Å². The molecule has 1 unspecified atom stereocenters. The fraction of sp³-hybridized carbons (Fsp3) is 0.923. The number of hydrogen-bond donors (Lipinski definition) is 1. The molecule has 0 aromatic carbocycles. The third kappa shape index (κ3) is 2.76. The summed E-state index contributed by atoms with van der Waals surface area (Å²) in [6, 6.07) is 0. The van der Waals surface area contributed by atoms with Crippen molar-refractivity contribution in [1.82, 2.24) is 4.90 Å². The first-order valence-electron chi connectivity index (χ1n) is 6.76. The lowest BCUT2D eigenvalue weighted by Gasteiger charge is -2.29. The minimum absolute atomic E-state index is 0.377. The Balaban J connectivity index is 1.84. The van der Waals surface area contributed by atoms with Gasteiger partial charge in [0, 0.05) is 25.6 Å². The van der Waals surface area contributed by atoms with Gasteiger partial charge in [-0.2, -0.15) is 0 Å². The zero-order valence-corrected chi connectivity index (χ0v) is 10.4. The molecule has 3 nitrogen and oxygen atoms in total. The topological polar surface area (TPSA) is 36.3 Å². The molecule has 92 valence electrons. The van der Waals surface area contributed by atoms with E-state index in [-0.39, 0.29) is 0 Å². The minimum Gasteiger partial charge on any atom is -0.376 e. The Morgan fingerprint density at radius 2 is 2.00 bits per heavy atom. The normalized spacial score (nSPS) is 26.2. The molecule has 0 aromatic rings. The number of ether oxygens (including phenoxy) is 1. The molecule has 0 amide bonds. The summed E-state index contributed by atoms with van der Waals surface area (Å²) in [5.74, 6) is 1.40. The molecule has 3 heteroatoms. The van der Waals surface area contributed by atoms with Gasteiger partial charge < -0.3 is 9.64 Å². The second kappa shape index (κ2) is 5.67. The molecule has 2 aliphatic rings. The molecule has 0 bridgehead atoms. The first kappa shape index (κ1) is 11.9. The van der Waals surface area contributed by atoms with E-state index in [1.807, 2.05) is 0 Å². The van der Waals surface area contributed by atoms with Crippen LogP contribution in [0.3, 0.4) is 0 Å². The van der Waals surface area contributed by atoms with E-state index < -0.39 is 0 Å². The third-order valence-corrected chi connectivity index (χ3v) is 3.91. The molecule has 1 N–H and O–H groups in total. The molecule has 0 aromatic heterocycles. The summed E-state index contributed by atoms with van der Waals surface area (Å²) < 4.78 is 5.66. The van der Waals surface area contributed by atoms with Crippen molar-refractivity contribution in [2.24, 2.45) is 5.92 Å². The van der Waals surface area contributed by atoms with E-state index in [9.17, 15) is 0 Å². The number of likely N-dealkylation sites (N-methyl/N-ethyl adjacent to an activating group) is 1. The number of nitrogens with zero attached hydrogens (tertiary/aromatic N) is 1. The van der Waals surface area contributed by atoms with Crippen LogP contribution in [0, 0.1) is 11.3 Å². The predicted octanol–water partition coefficient (Wildman–Crippen LogP) is 2.65. The maximum absolute atomic E-state index is 8.28. The maximum atomic E-state index is 8.28. The van der Waals surface area contributed by atoms with Crippen molar-refractivity contribution in [2.45, 2.75) is 51.6 Å². The summed E-state index contributed by atoms with van der Waals surface area (Å²) in [7, 11) is 0. The zero-order valence-electron chi connectivity index (χ0n) is 10.4. The van der Waals surface area contributed by atoms with Gasteiger partial charge >= 0.3 is 0 Å². The van der Waals surface area contributed by atoms with Crippen LogP contribution in [0.15, 0.2) is 0 Å². The van der Waals surface area contributed by atoms with Crippen LogP contribution in [-0.2, 0) is 4.74 Å². The second-order valence-corrected chi connectivity index (χ2v) is 5.04.